The van der Waals surface area contributed by atoms with E-state index in [1.807, 2.05) is 25.0 Å². The third-order valence-electron chi connectivity index (χ3n) is 4.99. The van der Waals surface area contributed by atoms with Crippen molar-refractivity contribution in [2.45, 2.75) is 31.8 Å². The molecule has 3 saturated heterocycles. The molecule has 3 aliphatic heterocycles. The van der Waals surface area contributed by atoms with Crippen LogP contribution in [-0.4, -0.2) is 75.6 Å². The van der Waals surface area contributed by atoms with Crippen molar-refractivity contribution in [1.82, 2.24) is 24.8 Å². The molecule has 7 nitrogen and oxygen atoms in total. The van der Waals surface area contributed by atoms with Crippen LogP contribution < -0.4 is 0 Å². The minimum absolute atomic E-state index is 0.102. The number of fused-ring (bicyclic) bond motifs is 3. The Morgan fingerprint density at radius 1 is 1.50 bits per heavy atom. The van der Waals surface area contributed by atoms with Crippen LogP contribution in [0.4, 0.5) is 0 Å². The Bertz CT molecular complexity index is 530. The Morgan fingerprint density at radius 3 is 2.95 bits per heavy atom. The number of carbonyl (C=O) groups excluding carboxylic acids is 1. The lowest BCUT2D eigenvalue weighted by atomic mass is 9.75. The van der Waals surface area contributed by atoms with E-state index >= 15 is 0 Å². The second-order valence-electron chi connectivity index (χ2n) is 6.68. The van der Waals surface area contributed by atoms with Crippen molar-refractivity contribution in [3.8, 4) is 0 Å². The molecule has 0 aromatic carbocycles. The lowest BCUT2D eigenvalue weighted by Crippen LogP contribution is -2.57. The lowest BCUT2D eigenvalue weighted by Gasteiger charge is -2.49. The fourth-order valence-electron chi connectivity index (χ4n) is 3.81. The zero-order valence-corrected chi connectivity index (χ0v) is 13.4. The standard InChI is InChI=1S/C15H25N5O2/c1-18(2)15(22)14-10-19-5-3-11(14)7-13(19)9-20-8-12(4-6-21)16-17-20/h8,11,13-14,21H,3-7,9-10H2,1-2H3/t11-,13+,14-/m0/s1. The number of piperidine rings is 3. The Hall–Kier alpha value is -1.47. The summed E-state index contributed by atoms with van der Waals surface area (Å²) in [7, 11) is 3.69. The number of hydrogen-bond acceptors (Lipinski definition) is 5. The van der Waals surface area contributed by atoms with Gasteiger partial charge in [-0.15, -0.1) is 5.10 Å². The number of hydrogen-bond donors (Lipinski definition) is 1. The van der Waals surface area contributed by atoms with Crippen LogP contribution in [0.1, 0.15) is 18.5 Å². The first-order valence-corrected chi connectivity index (χ1v) is 8.03. The number of amides is 1. The average Bonchev–Trinajstić information content (AvgIpc) is 2.94. The van der Waals surface area contributed by atoms with Gasteiger partial charge in [-0.2, -0.15) is 0 Å². The van der Waals surface area contributed by atoms with Gasteiger partial charge in [0.1, 0.15) is 0 Å². The molecule has 0 aliphatic carbocycles. The molecule has 2 bridgehead atoms. The Balaban J connectivity index is 1.62. The summed E-state index contributed by atoms with van der Waals surface area (Å²) in [6.45, 7) is 2.86. The van der Waals surface area contributed by atoms with Crippen LogP contribution in [0, 0.1) is 11.8 Å². The SMILES string of the molecule is CN(C)C(=O)[C@H]1CN2CC[C@H]1C[C@@H]2Cn1cc(CCO)nn1. The summed E-state index contributed by atoms with van der Waals surface area (Å²) in [4.78, 5) is 16.4. The van der Waals surface area contributed by atoms with Crippen molar-refractivity contribution in [1.29, 1.82) is 0 Å². The average molecular weight is 307 g/mol. The highest BCUT2D eigenvalue weighted by Crippen LogP contribution is 2.37. The highest BCUT2D eigenvalue weighted by atomic mass is 16.3. The van der Waals surface area contributed by atoms with E-state index in [1.165, 1.54) is 0 Å². The number of nitrogens with zero attached hydrogens (tertiary/aromatic N) is 5. The van der Waals surface area contributed by atoms with E-state index in [0.717, 1.165) is 38.2 Å². The number of aliphatic hydroxyl groups excluding tert-OH is 1. The number of aliphatic hydroxyl groups is 1. The first-order chi connectivity index (χ1) is 10.6. The lowest BCUT2D eigenvalue weighted by molar-refractivity contribution is -0.141. The Kier molecular flexibility index (Phi) is 4.44. The molecule has 0 spiro atoms. The molecule has 4 heterocycles. The van der Waals surface area contributed by atoms with Gasteiger partial charge in [0.2, 0.25) is 5.91 Å². The highest BCUT2D eigenvalue weighted by molar-refractivity contribution is 5.79. The molecule has 1 aromatic heterocycles. The smallest absolute Gasteiger partial charge is 0.226 e. The molecule has 1 unspecified atom stereocenters. The summed E-state index contributed by atoms with van der Waals surface area (Å²) in [6.07, 6.45) is 4.64. The van der Waals surface area contributed by atoms with Crippen molar-refractivity contribution < 1.29 is 9.90 Å². The van der Waals surface area contributed by atoms with Gasteiger partial charge in [0.05, 0.1) is 18.2 Å². The van der Waals surface area contributed by atoms with E-state index < -0.39 is 0 Å². The fraction of sp³-hybridized carbons (Fsp3) is 0.800. The zero-order chi connectivity index (χ0) is 15.7. The number of rotatable bonds is 5. The van der Waals surface area contributed by atoms with Gasteiger partial charge in [-0.05, 0) is 25.3 Å². The maximum absolute atomic E-state index is 12.3. The van der Waals surface area contributed by atoms with Crippen molar-refractivity contribution in [3.63, 3.8) is 0 Å². The van der Waals surface area contributed by atoms with Crippen molar-refractivity contribution in [3.05, 3.63) is 11.9 Å². The van der Waals surface area contributed by atoms with Crippen LogP contribution >= 0.6 is 0 Å². The molecule has 22 heavy (non-hydrogen) atoms. The first kappa shape index (κ1) is 15.4. The van der Waals surface area contributed by atoms with Gasteiger partial charge >= 0.3 is 0 Å². The highest BCUT2D eigenvalue weighted by Gasteiger charge is 2.43. The van der Waals surface area contributed by atoms with Gasteiger partial charge in [-0.3, -0.25) is 14.4 Å². The second-order valence-corrected chi connectivity index (χ2v) is 6.68. The van der Waals surface area contributed by atoms with E-state index in [1.54, 1.807) is 4.90 Å². The van der Waals surface area contributed by atoms with Gasteiger partial charge in [-0.25, -0.2) is 0 Å². The van der Waals surface area contributed by atoms with Gasteiger partial charge < -0.3 is 10.0 Å². The molecule has 3 aliphatic rings. The molecular weight excluding hydrogens is 282 g/mol. The van der Waals surface area contributed by atoms with E-state index in [0.29, 0.717) is 18.4 Å². The fourth-order valence-corrected chi connectivity index (χ4v) is 3.81. The van der Waals surface area contributed by atoms with E-state index in [-0.39, 0.29) is 18.4 Å². The van der Waals surface area contributed by atoms with Crippen LogP contribution in [0.3, 0.4) is 0 Å². The van der Waals surface area contributed by atoms with Crippen LogP contribution in [0.25, 0.3) is 0 Å². The maximum Gasteiger partial charge on any atom is 0.226 e. The third kappa shape index (κ3) is 3.01. The first-order valence-electron chi connectivity index (χ1n) is 8.03. The summed E-state index contributed by atoms with van der Waals surface area (Å²) < 4.78 is 1.87. The summed E-state index contributed by atoms with van der Waals surface area (Å²) >= 11 is 0. The molecule has 4 rings (SSSR count). The predicted molar refractivity (Wildman–Crippen MR) is 81.1 cm³/mol. The van der Waals surface area contributed by atoms with E-state index in [4.69, 9.17) is 5.11 Å². The van der Waals surface area contributed by atoms with Crippen LogP contribution in [0.15, 0.2) is 6.20 Å². The number of aromatic nitrogens is 3. The van der Waals surface area contributed by atoms with Gasteiger partial charge in [0.25, 0.3) is 0 Å². The predicted octanol–water partition coefficient (Wildman–Crippen LogP) is -0.388. The van der Waals surface area contributed by atoms with Gasteiger partial charge in [-0.1, -0.05) is 5.21 Å². The van der Waals surface area contributed by atoms with E-state index in [2.05, 4.69) is 15.2 Å². The summed E-state index contributed by atoms with van der Waals surface area (Å²) in [6, 6.07) is 0.439. The molecule has 1 amide bonds. The quantitative estimate of drug-likeness (QED) is 0.802. The molecule has 0 saturated carbocycles. The molecular formula is C15H25N5O2. The molecule has 3 fully saturated rings. The monoisotopic (exact) mass is 307 g/mol. The van der Waals surface area contributed by atoms with Crippen LogP contribution in [0.5, 0.6) is 0 Å². The zero-order valence-electron chi connectivity index (χ0n) is 13.4. The van der Waals surface area contributed by atoms with Crippen molar-refractivity contribution in [2.24, 2.45) is 11.8 Å². The Morgan fingerprint density at radius 2 is 2.32 bits per heavy atom. The maximum atomic E-state index is 12.3. The topological polar surface area (TPSA) is 74.5 Å². The molecule has 122 valence electrons. The second kappa shape index (κ2) is 6.34. The van der Waals surface area contributed by atoms with Crippen LogP contribution in [-0.2, 0) is 17.8 Å². The van der Waals surface area contributed by atoms with Gasteiger partial charge in [0, 0.05) is 45.9 Å². The molecule has 4 atom stereocenters. The van der Waals surface area contributed by atoms with Crippen molar-refractivity contribution >= 4 is 5.91 Å². The summed E-state index contributed by atoms with van der Waals surface area (Å²) in [5, 5.41) is 17.2. The Labute approximate surface area is 130 Å². The summed E-state index contributed by atoms with van der Waals surface area (Å²) in [5.41, 5.74) is 0.833. The van der Waals surface area contributed by atoms with Crippen molar-refractivity contribution in [2.75, 3.05) is 33.8 Å². The molecule has 7 heteroatoms. The minimum atomic E-state index is 0.102. The third-order valence-corrected chi connectivity index (χ3v) is 4.99. The number of carbonyl (C=O) groups is 1. The van der Waals surface area contributed by atoms with E-state index in [9.17, 15) is 4.79 Å². The summed E-state index contributed by atoms with van der Waals surface area (Å²) in [5.74, 6) is 0.908. The normalized spacial score (nSPS) is 30.5. The minimum Gasteiger partial charge on any atom is -0.396 e. The molecule has 1 N–H and O–H groups in total. The van der Waals surface area contributed by atoms with Crippen LogP contribution in [0.2, 0.25) is 0 Å². The molecule has 1 aromatic rings. The molecule has 0 radical (unpaired) electrons. The van der Waals surface area contributed by atoms with Gasteiger partial charge in [0.15, 0.2) is 0 Å². The largest absolute Gasteiger partial charge is 0.396 e.